The van der Waals surface area contributed by atoms with Gasteiger partial charge in [0.2, 0.25) is 17.7 Å². The number of Topliss-reactive ketones (excluding diaryl/α,β-unsaturated/α-hetero) is 1. The van der Waals surface area contributed by atoms with Crippen molar-refractivity contribution < 1.29 is 157 Å². The van der Waals surface area contributed by atoms with Gasteiger partial charge in [-0.15, -0.1) is 0 Å². The highest BCUT2D eigenvalue weighted by atomic mass is 16.8. The molecule has 0 radical (unpaired) electrons. The van der Waals surface area contributed by atoms with Gasteiger partial charge in [-0.25, -0.2) is 4.79 Å². The number of carboxylic acid groups (broad SMARTS) is 1. The molecular formula is C57H89N5O32. The van der Waals surface area contributed by atoms with Crippen LogP contribution in [0, 0.1) is 17.8 Å². The van der Waals surface area contributed by atoms with E-state index in [-0.39, 0.29) is 49.5 Å². The largest absolute Gasteiger partial charge is 0.479 e. The first-order chi connectivity index (χ1) is 44.5. The minimum absolute atomic E-state index is 0.0369. The molecule has 6 heterocycles. The Balaban J connectivity index is 1.04. The van der Waals surface area contributed by atoms with Crippen LogP contribution in [0.25, 0.3) is 0 Å². The maximum absolute atomic E-state index is 14.5. The highest BCUT2D eigenvalue weighted by molar-refractivity contribution is 5.82. The van der Waals surface area contributed by atoms with Gasteiger partial charge in [0.25, 0.3) is 11.8 Å². The summed E-state index contributed by atoms with van der Waals surface area (Å²) in [5.74, 6) is -6.07. The van der Waals surface area contributed by atoms with Crippen LogP contribution in [-0.4, -0.2) is 332 Å². The second-order valence-electron chi connectivity index (χ2n) is 24.8. The number of fused-ring (bicyclic) bond motifs is 2. The van der Waals surface area contributed by atoms with Crippen molar-refractivity contribution in [2.24, 2.45) is 17.8 Å². The van der Waals surface area contributed by atoms with Gasteiger partial charge in [0, 0.05) is 47.4 Å². The van der Waals surface area contributed by atoms with E-state index in [1.54, 1.807) is 0 Å². The zero-order chi connectivity index (χ0) is 68.9. The highest BCUT2D eigenvalue weighted by Gasteiger charge is 2.60. The first-order valence-corrected chi connectivity index (χ1v) is 31.0. The third kappa shape index (κ3) is 16.9. The van der Waals surface area contributed by atoms with Gasteiger partial charge in [-0.05, 0) is 50.9 Å². The molecule has 0 aromatic heterocycles. The van der Waals surface area contributed by atoms with Crippen LogP contribution >= 0.6 is 0 Å². The van der Waals surface area contributed by atoms with E-state index in [9.17, 15) is 99.9 Å². The number of carbonyl (C=O) groups is 7. The molecule has 16 unspecified atom stereocenters. The smallest absolute Gasteiger partial charge is 0.335 e. The number of aliphatic hydroxyl groups excluding tert-OH is 12. The average Bonchev–Trinajstić information content (AvgIpc) is 0.993. The Hall–Kier alpha value is -4.73. The van der Waals surface area contributed by atoms with Gasteiger partial charge in [-0.2, -0.15) is 0 Å². The van der Waals surface area contributed by atoms with E-state index >= 15 is 0 Å². The molecule has 37 heteroatoms. The van der Waals surface area contributed by atoms with Gasteiger partial charge in [0.05, 0.1) is 32.0 Å². The molecule has 6 saturated heterocycles. The van der Waals surface area contributed by atoms with Gasteiger partial charge in [0.1, 0.15) is 128 Å². The summed E-state index contributed by atoms with van der Waals surface area (Å²) in [6.07, 6.45) is -47.6. The molecule has 0 aromatic carbocycles. The summed E-state index contributed by atoms with van der Waals surface area (Å²) < 4.78 is 70.7. The zero-order valence-corrected chi connectivity index (χ0v) is 52.1. The predicted molar refractivity (Wildman–Crippen MR) is 303 cm³/mol. The van der Waals surface area contributed by atoms with E-state index in [0.717, 1.165) is 40.7 Å². The van der Waals surface area contributed by atoms with Gasteiger partial charge in [-0.1, -0.05) is 12.2 Å². The summed E-state index contributed by atoms with van der Waals surface area (Å²) in [5.41, 5.74) is 0. The number of ketones is 1. The first kappa shape index (κ1) is 75.0. The van der Waals surface area contributed by atoms with Gasteiger partial charge in [0.15, 0.2) is 49.8 Å². The molecule has 2 bridgehead atoms. The van der Waals surface area contributed by atoms with E-state index in [4.69, 9.17) is 56.8 Å². The molecule has 8 aliphatic rings. The molecule has 33 atom stereocenters. The summed E-state index contributed by atoms with van der Waals surface area (Å²) in [5, 5.41) is 159. The molecule has 5 amide bonds. The lowest BCUT2D eigenvalue weighted by Crippen LogP contribution is -2.71. The van der Waals surface area contributed by atoms with Gasteiger partial charge < -0.3 is 155 Å². The van der Waals surface area contributed by atoms with Crippen LogP contribution in [0.1, 0.15) is 60.3 Å². The van der Waals surface area contributed by atoms with Crippen molar-refractivity contribution >= 4 is 41.3 Å². The SMILES string of the molecule is CO[C@@H]1C(C(=O)NCCCC(C)=O)O[C@@H](O[C@@H]2C(NC(C)=O)C(O[C@@H]3C(C(=O)O)O[C@@H](O[C@@H]4C(NC(C)=O)C(O[C@@H]5C(C(=O)NCC6C[C@@H]7C=C[C@H]6C7)O[C@@H](O[C@@H]6C(NC(C)=O)C(C)OC(CO)[C@H]6O)[C@@H](O)C5O)OC(CO)[C@H]4O)[C@@H](O)C3O)OC(CO)[C@H]2O)[C@@H](O)C1O. The fraction of sp³-hybridized carbons (Fsp3) is 0.842. The number of rotatable bonds is 26. The number of aliphatic hydroxyl groups is 12. The average molecular weight is 1360 g/mol. The van der Waals surface area contributed by atoms with Crippen LogP contribution in [0.15, 0.2) is 12.2 Å². The van der Waals surface area contributed by atoms with E-state index in [1.807, 2.05) is 6.08 Å². The monoisotopic (exact) mass is 1360 g/mol. The van der Waals surface area contributed by atoms with Crippen molar-refractivity contribution in [1.82, 2.24) is 26.6 Å². The number of ether oxygens (including phenoxy) is 12. The van der Waals surface area contributed by atoms with Crippen LogP contribution in [0.2, 0.25) is 0 Å². The lowest BCUT2D eigenvalue weighted by molar-refractivity contribution is -0.376. The molecular weight excluding hydrogens is 1270 g/mol. The van der Waals surface area contributed by atoms with Crippen molar-refractivity contribution in [2.45, 2.75) is 244 Å². The van der Waals surface area contributed by atoms with E-state index in [2.05, 4.69) is 32.7 Å². The fourth-order valence-corrected chi connectivity index (χ4v) is 13.3. The van der Waals surface area contributed by atoms with Crippen LogP contribution in [-0.2, 0) is 90.4 Å². The maximum atomic E-state index is 14.5. The second kappa shape index (κ2) is 32.8. The van der Waals surface area contributed by atoms with Crippen molar-refractivity contribution in [3.63, 3.8) is 0 Å². The number of allylic oxidation sites excluding steroid dienone is 2. The second-order valence-corrected chi connectivity index (χ2v) is 24.8. The number of carbonyl (C=O) groups excluding carboxylic acids is 6. The van der Waals surface area contributed by atoms with Gasteiger partial charge >= 0.3 is 5.97 Å². The molecule has 7 fully saturated rings. The molecule has 2 aliphatic carbocycles. The Morgan fingerprint density at radius 1 is 0.468 bits per heavy atom. The topological polar surface area (TPSA) is 553 Å². The number of methoxy groups -OCH3 is 1. The molecule has 37 nitrogen and oxygen atoms in total. The molecule has 0 spiro atoms. The van der Waals surface area contributed by atoms with E-state index in [0.29, 0.717) is 0 Å². The molecule has 94 heavy (non-hydrogen) atoms. The molecule has 534 valence electrons. The Morgan fingerprint density at radius 3 is 1.29 bits per heavy atom. The summed E-state index contributed by atoms with van der Waals surface area (Å²) >= 11 is 0. The maximum Gasteiger partial charge on any atom is 0.335 e. The Morgan fingerprint density at radius 2 is 0.872 bits per heavy atom. The van der Waals surface area contributed by atoms with Crippen molar-refractivity contribution in [3.05, 3.63) is 12.2 Å². The van der Waals surface area contributed by atoms with Crippen molar-refractivity contribution in [1.29, 1.82) is 0 Å². The molecule has 1 saturated carbocycles. The van der Waals surface area contributed by atoms with Crippen LogP contribution in [0.4, 0.5) is 0 Å². The number of amides is 5. The number of carboxylic acids is 1. The number of hydrogen-bond donors (Lipinski definition) is 18. The predicted octanol–water partition coefficient (Wildman–Crippen LogP) is -10.0. The standard InChI is InChI=1S/C57H89N5O32/c1-18(66)8-7-11-58-50(79)47-44(83-6)35(73)38(76)55(92-47)88-42-31(62-22(5)69)54(86-28(17-65)33(42)71)91-46-37(75)40(78)57(94-49(46)52(81)82)89-43-30(61-21(4)68)53(85-27(16-64)34(43)72)90-45-36(74)39(77)56(87-41-29(60-20(3)67)19(2)84-26(15-63)32(41)70)93-48(45)51(80)59-14-25-13-23-9-10-24(25)12-23/h9-10,19,23-49,53-57,63-65,70-78H,7-8,11-17H2,1-6H3,(H,58,79)(H,59,80)(H,60,67)(H,61,68)(H,62,69)(H,81,82)/t19?,23-,24+,25?,26?,27?,28?,29?,30?,31?,32-,33-,34-,35?,36?,37?,38+,39+,40+,41-,42-,43-,44+,45+,46+,47?,48?,49?,53?,54?,55-,56-,57-/m1/s1. The van der Waals surface area contributed by atoms with Crippen LogP contribution < -0.4 is 26.6 Å². The van der Waals surface area contributed by atoms with Crippen molar-refractivity contribution in [3.8, 4) is 0 Å². The third-order valence-corrected chi connectivity index (χ3v) is 18.0. The molecule has 6 aliphatic heterocycles. The molecule has 0 aromatic rings. The van der Waals surface area contributed by atoms with Crippen LogP contribution in [0.3, 0.4) is 0 Å². The summed E-state index contributed by atoms with van der Waals surface area (Å²) in [7, 11) is 1.10. The quantitative estimate of drug-likeness (QED) is 0.0282. The number of aliphatic carboxylic acids is 1. The Bertz CT molecular complexity index is 2630. The fourth-order valence-electron chi connectivity index (χ4n) is 13.3. The summed E-state index contributed by atoms with van der Waals surface area (Å²) in [6, 6.07) is -4.96. The molecule has 18 N–H and O–H groups in total. The Kier molecular flexibility index (Phi) is 26.1. The minimum Gasteiger partial charge on any atom is -0.479 e. The highest BCUT2D eigenvalue weighted by Crippen LogP contribution is 2.44. The Labute approximate surface area is 537 Å². The minimum atomic E-state index is -2.48. The zero-order valence-electron chi connectivity index (χ0n) is 52.1. The summed E-state index contributed by atoms with van der Waals surface area (Å²) in [4.78, 5) is 91.1. The third-order valence-electron chi connectivity index (χ3n) is 18.0. The van der Waals surface area contributed by atoms with Crippen molar-refractivity contribution in [2.75, 3.05) is 40.0 Å². The lowest BCUT2D eigenvalue weighted by atomic mass is 9.92. The summed E-state index contributed by atoms with van der Waals surface area (Å²) in [6.45, 7) is 3.09. The van der Waals surface area contributed by atoms with E-state index in [1.165, 1.54) is 13.8 Å². The number of nitrogens with one attached hydrogen (secondary N) is 5. The van der Waals surface area contributed by atoms with E-state index < -0.39 is 239 Å². The van der Waals surface area contributed by atoms with Crippen LogP contribution in [0.5, 0.6) is 0 Å². The lowest BCUT2D eigenvalue weighted by Gasteiger charge is -2.51. The normalized spacial score (nSPS) is 44.5. The van der Waals surface area contributed by atoms with Gasteiger partial charge in [-0.3, -0.25) is 24.0 Å². The number of hydrogen-bond acceptors (Lipinski definition) is 31. The molecule has 8 rings (SSSR count). The first-order valence-electron chi connectivity index (χ1n) is 31.0.